The third-order valence-electron chi connectivity index (χ3n) is 5.33. The van der Waals surface area contributed by atoms with Gasteiger partial charge in [0.15, 0.2) is 5.82 Å². The fraction of sp³-hybridized carbons (Fsp3) is 0.318. The molecule has 1 aliphatic rings. The molecule has 0 amide bonds. The van der Waals surface area contributed by atoms with Crippen molar-refractivity contribution in [2.24, 2.45) is 0 Å². The van der Waals surface area contributed by atoms with E-state index in [1.165, 1.54) is 31.2 Å². The molecule has 1 aromatic heterocycles. The second-order valence-corrected chi connectivity index (χ2v) is 8.58. The molecule has 3 aromatic rings. The van der Waals surface area contributed by atoms with Gasteiger partial charge in [-0.05, 0) is 42.8 Å². The number of hydrogen-bond acceptors (Lipinski definition) is 5. The normalized spacial score (nSPS) is 17.8. The average molecular weight is 552 g/mol. The van der Waals surface area contributed by atoms with Gasteiger partial charge in [0.1, 0.15) is 23.5 Å². The maximum atomic E-state index is 14.3. The zero-order valence-electron chi connectivity index (χ0n) is 18.2. The van der Waals surface area contributed by atoms with Crippen LogP contribution in [0.25, 0.3) is 5.69 Å². The lowest BCUT2D eigenvalue weighted by Gasteiger charge is -2.26. The van der Waals surface area contributed by atoms with E-state index >= 15 is 0 Å². The zero-order valence-corrected chi connectivity index (χ0v) is 19.7. The number of fused-ring (bicyclic) bond motifs is 3. The molecule has 2 atom stereocenters. The maximum Gasteiger partial charge on any atom is 0.420 e. The number of aliphatic carboxylic acids is 1. The van der Waals surface area contributed by atoms with Crippen LogP contribution in [-0.4, -0.2) is 32.4 Å². The molecule has 14 heteroatoms. The molecule has 0 saturated carbocycles. The van der Waals surface area contributed by atoms with E-state index in [2.05, 4.69) is 10.2 Å². The molecule has 0 aliphatic carbocycles. The number of benzene rings is 2. The summed E-state index contributed by atoms with van der Waals surface area (Å²) >= 11 is 11.4. The van der Waals surface area contributed by atoms with Crippen LogP contribution in [0.4, 0.5) is 22.0 Å². The number of hydrogen-bond donors (Lipinski definition) is 1. The van der Waals surface area contributed by atoms with Gasteiger partial charge in [-0.3, -0.25) is 9.36 Å². The Morgan fingerprint density at radius 3 is 2.50 bits per heavy atom. The van der Waals surface area contributed by atoms with Crippen LogP contribution in [-0.2, 0) is 21.1 Å². The molecule has 0 bridgehead atoms. The Hall–Kier alpha value is -2.96. The Morgan fingerprint density at radius 1 is 1.17 bits per heavy atom. The minimum atomic E-state index is -4.92. The number of carboxylic acids is 1. The van der Waals surface area contributed by atoms with Gasteiger partial charge in [0.25, 0.3) is 0 Å². The molecule has 1 aliphatic heterocycles. The summed E-state index contributed by atoms with van der Waals surface area (Å²) in [7, 11) is 0. The largest absolute Gasteiger partial charge is 0.493 e. The van der Waals surface area contributed by atoms with E-state index in [9.17, 15) is 31.9 Å². The zero-order chi connectivity index (χ0) is 26.4. The van der Waals surface area contributed by atoms with E-state index < -0.39 is 58.9 Å². The van der Waals surface area contributed by atoms with Crippen LogP contribution in [0.5, 0.6) is 5.75 Å². The lowest BCUT2D eigenvalue weighted by atomic mass is 9.94. The number of carbonyl (C=O) groups is 1. The van der Waals surface area contributed by atoms with Crippen LogP contribution in [0.2, 0.25) is 5.02 Å². The van der Waals surface area contributed by atoms with Gasteiger partial charge in [0.05, 0.1) is 18.7 Å². The van der Waals surface area contributed by atoms with Crippen molar-refractivity contribution in [2.45, 2.75) is 37.1 Å². The Labute approximate surface area is 210 Å². The topological polar surface area (TPSA) is 86.5 Å². The van der Waals surface area contributed by atoms with Crippen LogP contribution in [0.15, 0.2) is 36.4 Å². The molecular formula is C22H16Cl2F5N3O4. The van der Waals surface area contributed by atoms with Crippen molar-refractivity contribution in [3.63, 3.8) is 0 Å². The summed E-state index contributed by atoms with van der Waals surface area (Å²) < 4.78 is 83.2. The van der Waals surface area contributed by atoms with E-state index in [4.69, 9.17) is 32.7 Å². The molecule has 36 heavy (non-hydrogen) atoms. The third-order valence-corrected chi connectivity index (χ3v) is 5.73. The number of nitrogens with zero attached hydrogens (tertiary/aromatic N) is 3. The molecule has 192 valence electrons. The number of halogens is 7. The van der Waals surface area contributed by atoms with E-state index in [1.807, 2.05) is 0 Å². The highest BCUT2D eigenvalue weighted by molar-refractivity contribution is 6.30. The minimum Gasteiger partial charge on any atom is -0.493 e. The predicted octanol–water partition coefficient (Wildman–Crippen LogP) is 6.26. The van der Waals surface area contributed by atoms with E-state index in [0.717, 1.165) is 16.7 Å². The Kier molecular flexibility index (Phi) is 6.88. The first kappa shape index (κ1) is 26.1. The minimum absolute atomic E-state index is 0.0577. The first-order valence-corrected chi connectivity index (χ1v) is 11.1. The van der Waals surface area contributed by atoms with Gasteiger partial charge in [-0.1, -0.05) is 23.7 Å². The number of alkyl halides is 6. The Balaban J connectivity index is 2.06. The van der Waals surface area contributed by atoms with Crippen LogP contribution in [0, 0.1) is 0 Å². The van der Waals surface area contributed by atoms with Crippen LogP contribution in [0.3, 0.4) is 0 Å². The van der Waals surface area contributed by atoms with E-state index in [1.54, 1.807) is 0 Å². The standard InChI is InChI=1S/C22H16Cl2F5N3O4/c1-2-35-14-5-3-4-11(17(14)22(27,28)29)18-12-8-10(23)6-7-13(12)32-19(15(36-18)9-16(33)34)30-31-20(32)21(24,25)26/h3-8,15,18H,2,9H2,1H3,(H,33,34)/t15-,18-/m1/s1. The molecule has 2 heterocycles. The highest BCUT2D eigenvalue weighted by Gasteiger charge is 2.45. The number of aromatic nitrogens is 3. The second kappa shape index (κ2) is 9.49. The van der Waals surface area contributed by atoms with Crippen molar-refractivity contribution < 1.29 is 41.3 Å². The van der Waals surface area contributed by atoms with Crippen molar-refractivity contribution in [1.82, 2.24) is 14.8 Å². The van der Waals surface area contributed by atoms with Gasteiger partial charge in [0.2, 0.25) is 5.82 Å². The molecule has 0 saturated heterocycles. The predicted molar refractivity (Wildman–Crippen MR) is 117 cm³/mol. The molecular weight excluding hydrogens is 536 g/mol. The lowest BCUT2D eigenvalue weighted by Crippen LogP contribution is -2.19. The van der Waals surface area contributed by atoms with Crippen molar-refractivity contribution in [2.75, 3.05) is 6.61 Å². The van der Waals surface area contributed by atoms with Crippen molar-refractivity contribution >= 4 is 29.2 Å². The number of carboxylic acid groups (broad SMARTS) is 1. The summed E-state index contributed by atoms with van der Waals surface area (Å²) in [5, 5.41) is 12.5. The van der Waals surface area contributed by atoms with Gasteiger partial charge >= 0.3 is 17.5 Å². The first-order chi connectivity index (χ1) is 16.8. The monoisotopic (exact) mass is 551 g/mol. The fourth-order valence-corrected chi connectivity index (χ4v) is 4.35. The highest BCUT2D eigenvalue weighted by atomic mass is 35.5. The first-order valence-electron chi connectivity index (χ1n) is 10.3. The fourth-order valence-electron chi connectivity index (χ4n) is 4.05. The van der Waals surface area contributed by atoms with E-state index in [-0.39, 0.29) is 28.7 Å². The summed E-state index contributed by atoms with van der Waals surface area (Å²) in [6.45, 7) is 1.43. The molecule has 4 rings (SSSR count). The number of rotatable bonds is 6. The van der Waals surface area contributed by atoms with Gasteiger partial charge in [-0.25, -0.2) is 0 Å². The summed E-state index contributed by atoms with van der Waals surface area (Å²) in [4.78, 5) is 11.6. The number of ether oxygens (including phenoxy) is 2. The van der Waals surface area contributed by atoms with Crippen molar-refractivity contribution in [3.05, 3.63) is 69.8 Å². The van der Waals surface area contributed by atoms with Gasteiger partial charge in [0, 0.05) is 16.1 Å². The smallest absolute Gasteiger partial charge is 0.420 e. The second-order valence-electron chi connectivity index (χ2n) is 7.67. The summed E-state index contributed by atoms with van der Waals surface area (Å²) in [5.41, 5.74) is -1.79. The summed E-state index contributed by atoms with van der Waals surface area (Å²) in [5.74, 6) is -3.36. The van der Waals surface area contributed by atoms with Crippen LogP contribution >= 0.6 is 23.2 Å². The van der Waals surface area contributed by atoms with Gasteiger partial charge in [-0.2, -0.15) is 22.0 Å². The van der Waals surface area contributed by atoms with Crippen LogP contribution in [0.1, 0.15) is 53.9 Å². The molecule has 2 aromatic carbocycles. The Morgan fingerprint density at radius 2 is 1.89 bits per heavy atom. The summed E-state index contributed by atoms with van der Waals surface area (Å²) in [6, 6.07) is 7.37. The molecule has 0 unspecified atom stereocenters. The molecule has 0 radical (unpaired) electrons. The highest BCUT2D eigenvalue weighted by Crippen LogP contribution is 2.48. The molecule has 7 nitrogen and oxygen atoms in total. The quantitative estimate of drug-likeness (QED) is 0.287. The lowest BCUT2D eigenvalue weighted by molar-refractivity contribution is -0.144. The molecule has 0 spiro atoms. The van der Waals surface area contributed by atoms with Gasteiger partial charge < -0.3 is 14.6 Å². The van der Waals surface area contributed by atoms with Crippen molar-refractivity contribution in [1.29, 1.82) is 0 Å². The Bertz CT molecular complexity index is 1310. The van der Waals surface area contributed by atoms with Gasteiger partial charge in [-0.15, -0.1) is 10.2 Å². The SMILES string of the molecule is CCOc1cccc([C@H]2O[C@H](CC(=O)O)c3nnc(C(F)(F)Cl)n3-c3ccc(Cl)cc32)c1C(F)(F)F. The summed E-state index contributed by atoms with van der Waals surface area (Å²) in [6.07, 6.45) is -8.94. The molecule has 0 fully saturated rings. The van der Waals surface area contributed by atoms with Crippen molar-refractivity contribution in [3.8, 4) is 11.4 Å². The van der Waals surface area contributed by atoms with E-state index in [0.29, 0.717) is 0 Å². The average Bonchev–Trinajstić information content (AvgIpc) is 3.16. The maximum absolute atomic E-state index is 14.3. The van der Waals surface area contributed by atoms with Crippen LogP contribution < -0.4 is 4.74 Å². The third kappa shape index (κ3) is 4.84. The molecule has 1 N–H and O–H groups in total.